The predicted molar refractivity (Wildman–Crippen MR) is 117 cm³/mol. The first-order valence-electron chi connectivity index (χ1n) is 12.6. The van der Waals surface area contributed by atoms with Crippen LogP contribution in [0.15, 0.2) is 0 Å². The zero-order chi connectivity index (χ0) is 44.2. The van der Waals surface area contributed by atoms with Crippen LogP contribution in [-0.4, -0.2) is 116 Å². The Labute approximate surface area is 317 Å². The molecule has 0 N–H and O–H groups in total. The average molecular weight is 920 g/mol. The minimum atomic E-state index is -7.26. The second-order valence-electron chi connectivity index (χ2n) is 9.95. The van der Waals surface area contributed by atoms with E-state index in [2.05, 4.69) is 23.6 Å². The zero-order valence-electron chi connectivity index (χ0n) is 25.9. The Hall–Kier alpha value is -2.04. The third kappa shape index (κ3) is 11.6. The molecule has 0 aromatic rings. The summed E-state index contributed by atoms with van der Waals surface area (Å²) in [6.45, 7) is -10.7. The molecule has 0 amide bonds. The molecule has 0 rings (SSSR count). The van der Waals surface area contributed by atoms with E-state index in [-0.39, 0.29) is 29.6 Å². The van der Waals surface area contributed by atoms with Crippen LogP contribution in [0.25, 0.3) is 0 Å². The number of hydrogen-bond donors (Lipinski definition) is 0. The molecule has 0 spiro atoms. The van der Waals surface area contributed by atoms with E-state index in [1.54, 1.807) is 0 Å². The molecule has 56 heavy (non-hydrogen) atoms. The molecule has 0 bridgehead atoms. The molecule has 0 aromatic heterocycles. The quantitative estimate of drug-likeness (QED) is 0.0287. The number of alkyl halides is 24. The van der Waals surface area contributed by atoms with E-state index in [1.807, 2.05) is 0 Å². The van der Waals surface area contributed by atoms with Gasteiger partial charge in [-0.3, -0.25) is 19.4 Å². The molecule has 2 atom stereocenters. The van der Waals surface area contributed by atoms with Crippen LogP contribution in [0.5, 0.6) is 0 Å². The Morgan fingerprint density at radius 3 is 1.07 bits per heavy atom. The fraction of sp³-hybridized carbons (Fsp3) is 0.857. The van der Waals surface area contributed by atoms with Crippen molar-refractivity contribution in [2.75, 3.05) is 19.8 Å². The van der Waals surface area contributed by atoms with Crippen LogP contribution in [0.4, 0.5) is 105 Å². The number of rotatable bonds is 23. The van der Waals surface area contributed by atoms with Crippen LogP contribution >= 0.6 is 12.0 Å². The van der Waals surface area contributed by atoms with Gasteiger partial charge in [0.1, 0.15) is 5.25 Å². The van der Waals surface area contributed by atoms with E-state index < -0.39 is 140 Å². The molecule has 0 aliphatic carbocycles. The topological polar surface area (TPSA) is 120 Å². The molecule has 0 saturated heterocycles. The van der Waals surface area contributed by atoms with Crippen molar-refractivity contribution in [3.63, 3.8) is 0 Å². The van der Waals surface area contributed by atoms with Crippen LogP contribution in [0, 0.1) is 5.92 Å². The molecule has 0 heterocycles. The summed E-state index contributed by atoms with van der Waals surface area (Å²) >= 11 is -1.37. The van der Waals surface area contributed by atoms with Crippen molar-refractivity contribution < 1.29 is 178 Å². The van der Waals surface area contributed by atoms with Gasteiger partial charge in [0.15, 0.2) is 19.8 Å². The molecular weight excluding hydrogens is 907 g/mol. The summed E-state index contributed by atoms with van der Waals surface area (Å²) in [5, 5.41) is 9.07. The Balaban J connectivity index is 0. The molecule has 0 saturated carbocycles. The van der Waals surface area contributed by atoms with Gasteiger partial charge in [0.05, 0.1) is 12.3 Å². The monoisotopic (exact) mass is 920 g/mol. The van der Waals surface area contributed by atoms with E-state index in [4.69, 9.17) is 0 Å². The summed E-state index contributed by atoms with van der Waals surface area (Å²) < 4.78 is 329. The number of esters is 3. The van der Waals surface area contributed by atoms with Gasteiger partial charge >= 0.3 is 120 Å². The van der Waals surface area contributed by atoms with Crippen LogP contribution in [0.3, 0.4) is 0 Å². The Morgan fingerprint density at radius 2 is 0.786 bits per heavy atom. The molecule has 0 radical (unpaired) electrons. The number of hydrogen-bond acceptors (Lipinski definition) is 10. The van der Waals surface area contributed by atoms with Crippen molar-refractivity contribution in [1.29, 1.82) is 0 Å². The summed E-state index contributed by atoms with van der Waals surface area (Å²) in [5.74, 6) is -75.5. The van der Waals surface area contributed by atoms with Crippen molar-refractivity contribution >= 4 is 30.0 Å². The normalized spacial score (nSPS) is 15.4. The number of carbonyl (C=O) groups is 3. The molecule has 0 aliphatic rings. The van der Waals surface area contributed by atoms with Gasteiger partial charge in [0, 0.05) is 12.0 Å². The van der Waals surface area contributed by atoms with Crippen LogP contribution in [-0.2, 0) is 38.0 Å². The van der Waals surface area contributed by atoms with Crippen molar-refractivity contribution in [3.05, 3.63) is 0 Å². The average Bonchev–Trinajstić information content (AvgIpc) is 3.04. The smallest absolute Gasteiger partial charge is 0.691 e. The van der Waals surface area contributed by atoms with Gasteiger partial charge in [-0.25, -0.2) is 26.3 Å². The maximum Gasteiger partial charge on any atom is 1.00 e. The molecular formula is C21H13F24NaO9S. The fourth-order valence-electron chi connectivity index (χ4n) is 2.98. The third-order valence-electron chi connectivity index (χ3n) is 6.12. The van der Waals surface area contributed by atoms with Crippen LogP contribution in [0.1, 0.15) is 6.42 Å². The first-order valence-corrected chi connectivity index (χ1v) is 13.4. The van der Waals surface area contributed by atoms with E-state index in [1.165, 1.54) is 0 Å². The van der Waals surface area contributed by atoms with E-state index in [0.29, 0.717) is 0 Å². The molecule has 0 aromatic carbocycles. The van der Waals surface area contributed by atoms with E-state index in [0.717, 1.165) is 0 Å². The maximum absolute atomic E-state index is 13.9. The zero-order valence-corrected chi connectivity index (χ0v) is 28.7. The largest absolute Gasteiger partial charge is 1.00 e. The first-order chi connectivity index (χ1) is 24.3. The Kier molecular flexibility index (Phi) is 19.4. The van der Waals surface area contributed by atoms with Gasteiger partial charge in [-0.15, -0.1) is 0 Å². The van der Waals surface area contributed by atoms with Crippen molar-refractivity contribution in [1.82, 2.24) is 0 Å². The molecule has 9 nitrogen and oxygen atoms in total. The maximum atomic E-state index is 13.9. The van der Waals surface area contributed by atoms with Crippen molar-refractivity contribution in [3.8, 4) is 0 Å². The summed E-state index contributed by atoms with van der Waals surface area (Å²) in [6.07, 6.45) is -19.5. The number of halogens is 24. The first kappa shape index (κ1) is 56.1. The van der Waals surface area contributed by atoms with Gasteiger partial charge < -0.3 is 19.5 Å². The molecule has 326 valence electrons. The van der Waals surface area contributed by atoms with Crippen molar-refractivity contribution in [2.24, 2.45) is 5.92 Å². The standard InChI is InChI=1S/C21H14F24O9S.Na/c22-10(23)16(34,35)19(40,41)13(28,29)2-50-6(46)1-5(8(47)51-3-14(30,31)20(42,43)17(36,37)11(24)25)7(55-54-53-49)9(48)52-4-15(32,33)21(44,45)18(38,39)12(26)27;/h5,7,10-12,49H,1-4H2;/q;+1/p-1. The minimum absolute atomic E-state index is 0. The predicted octanol–water partition coefficient (Wildman–Crippen LogP) is 3.38. The number of carbonyl (C=O) groups excluding carboxylic acids is 3. The number of ether oxygens (including phenoxy) is 3. The second kappa shape index (κ2) is 19.4. The van der Waals surface area contributed by atoms with Crippen LogP contribution in [0.2, 0.25) is 0 Å². The van der Waals surface area contributed by atoms with E-state index in [9.17, 15) is 125 Å². The Morgan fingerprint density at radius 1 is 0.500 bits per heavy atom. The molecule has 35 heteroatoms. The molecule has 0 aliphatic heterocycles. The summed E-state index contributed by atoms with van der Waals surface area (Å²) in [5.41, 5.74) is 0. The van der Waals surface area contributed by atoms with Gasteiger partial charge in [-0.1, -0.05) is 0 Å². The fourth-order valence-corrected chi connectivity index (χ4v) is 3.58. The molecule has 2 unspecified atom stereocenters. The summed E-state index contributed by atoms with van der Waals surface area (Å²) in [7, 11) is 0. The van der Waals surface area contributed by atoms with Crippen molar-refractivity contribution in [2.45, 2.75) is 84.2 Å². The minimum Gasteiger partial charge on any atom is -0.691 e. The van der Waals surface area contributed by atoms with Crippen LogP contribution < -0.4 is 34.8 Å². The van der Waals surface area contributed by atoms with Gasteiger partial charge in [0.2, 0.25) is 0 Å². The van der Waals surface area contributed by atoms with Gasteiger partial charge in [-0.05, 0) is 0 Å². The second-order valence-corrected chi connectivity index (χ2v) is 10.8. The van der Waals surface area contributed by atoms with Gasteiger partial charge in [-0.2, -0.15) is 83.4 Å². The SMILES string of the molecule is O=C(CC(C(=O)OCC(F)(F)C(F)(F)C(F)(F)C(F)F)C(SOO[O-])C(=O)OCC(F)(F)C(F)(F)C(F)(F)C(F)F)OCC(F)(F)C(F)(F)C(F)(F)C(F)F.[Na+]. The van der Waals surface area contributed by atoms with E-state index >= 15 is 0 Å². The summed E-state index contributed by atoms with van der Waals surface area (Å²) in [4.78, 5) is 36.8. The van der Waals surface area contributed by atoms with Gasteiger partial charge in [0.25, 0.3) is 0 Å². The third-order valence-corrected chi connectivity index (χ3v) is 6.98. The summed E-state index contributed by atoms with van der Waals surface area (Å²) in [6, 6.07) is 0. The Bertz CT molecular complexity index is 1320. The molecule has 0 fully saturated rings.